The molecule has 324 valence electrons. The van der Waals surface area contributed by atoms with Gasteiger partial charge in [-0.25, -0.2) is 0 Å². The second kappa shape index (κ2) is 16.6. The number of hydrogen-bond donors (Lipinski definition) is 1. The third-order valence-corrected chi connectivity index (χ3v) is 11.7. The number of ether oxygens (including phenoxy) is 10. The lowest BCUT2D eigenvalue weighted by Gasteiger charge is -2.37. The molecule has 0 saturated carbocycles. The molecule has 62 heavy (non-hydrogen) atoms. The lowest BCUT2D eigenvalue weighted by Crippen LogP contribution is -2.43. The fraction of sp³-hybridized carbons (Fsp3) is 0.354. The number of aliphatic carboxylic acids is 1. The van der Waals surface area contributed by atoms with Gasteiger partial charge in [0.2, 0.25) is 0 Å². The van der Waals surface area contributed by atoms with E-state index in [9.17, 15) is 9.59 Å². The molecular formula is C48H48O14. The number of carbonyl (C=O) groups is 3. The van der Waals surface area contributed by atoms with Crippen LogP contribution in [0, 0.1) is 0 Å². The molecule has 10 rings (SSSR count). The Morgan fingerprint density at radius 3 is 1.27 bits per heavy atom. The van der Waals surface area contributed by atoms with Crippen LogP contribution in [0.1, 0.15) is 75.6 Å². The van der Waals surface area contributed by atoms with Crippen LogP contribution in [-0.2, 0) is 17.6 Å². The second-order valence-corrected chi connectivity index (χ2v) is 15.8. The molecule has 6 heterocycles. The first-order valence-electron chi connectivity index (χ1n) is 20.1. The number of methoxy groups -OCH3 is 4. The Balaban J connectivity index is 0.000000157. The quantitative estimate of drug-likeness (QED) is 0.190. The van der Waals surface area contributed by atoms with Crippen molar-refractivity contribution in [1.29, 1.82) is 0 Å². The van der Waals surface area contributed by atoms with Crippen molar-refractivity contribution in [1.82, 2.24) is 0 Å². The molecule has 6 atom stereocenters. The highest BCUT2D eigenvalue weighted by Gasteiger charge is 2.47. The van der Waals surface area contributed by atoms with Crippen LogP contribution in [0.4, 0.5) is 0 Å². The van der Waals surface area contributed by atoms with Gasteiger partial charge in [0.1, 0.15) is 72.1 Å². The molecule has 0 fully saturated rings. The van der Waals surface area contributed by atoms with Crippen LogP contribution >= 0.6 is 0 Å². The van der Waals surface area contributed by atoms with Crippen LogP contribution in [0.25, 0.3) is 0 Å². The van der Waals surface area contributed by atoms with E-state index >= 15 is 0 Å². The van der Waals surface area contributed by atoms with Crippen molar-refractivity contribution in [2.24, 2.45) is 0 Å². The van der Waals surface area contributed by atoms with Crippen molar-refractivity contribution >= 4 is 17.5 Å². The monoisotopic (exact) mass is 848 g/mol. The molecule has 0 radical (unpaired) electrons. The van der Waals surface area contributed by atoms with Crippen molar-refractivity contribution in [3.63, 3.8) is 0 Å². The summed E-state index contributed by atoms with van der Waals surface area (Å²) in [6, 6.07) is 14.5. The normalized spacial score (nSPS) is 22.3. The number of benzene rings is 4. The third kappa shape index (κ3) is 7.26. The molecule has 6 aliphatic heterocycles. The van der Waals surface area contributed by atoms with Crippen LogP contribution < -0.4 is 47.4 Å². The topological polar surface area (TPSA) is 164 Å². The molecule has 14 heteroatoms. The zero-order valence-electron chi connectivity index (χ0n) is 35.6. The van der Waals surface area contributed by atoms with Crippen molar-refractivity contribution in [3.8, 4) is 57.5 Å². The highest BCUT2D eigenvalue weighted by atomic mass is 16.6. The van der Waals surface area contributed by atoms with Gasteiger partial charge in [-0.1, -0.05) is 13.2 Å². The van der Waals surface area contributed by atoms with E-state index in [-0.39, 0.29) is 37.0 Å². The first-order chi connectivity index (χ1) is 29.8. The first-order valence-corrected chi connectivity index (χ1v) is 20.1. The highest BCUT2D eigenvalue weighted by molar-refractivity contribution is 6.07. The fourth-order valence-corrected chi connectivity index (χ4v) is 8.68. The molecule has 6 aliphatic rings. The molecular weight excluding hydrogens is 801 g/mol. The Labute approximate surface area is 358 Å². The van der Waals surface area contributed by atoms with Gasteiger partial charge in [-0.05, 0) is 61.4 Å². The summed E-state index contributed by atoms with van der Waals surface area (Å²) in [6.45, 7) is 13.5. The van der Waals surface area contributed by atoms with Crippen molar-refractivity contribution in [2.75, 3.05) is 41.7 Å². The van der Waals surface area contributed by atoms with Crippen molar-refractivity contribution < 1.29 is 66.9 Å². The van der Waals surface area contributed by atoms with Crippen LogP contribution in [0.5, 0.6) is 57.5 Å². The third-order valence-electron chi connectivity index (χ3n) is 11.7. The largest absolute Gasteiger partial charge is 0.493 e. The number of hydrogen-bond acceptors (Lipinski definition) is 13. The van der Waals surface area contributed by atoms with Crippen LogP contribution in [0.2, 0.25) is 0 Å². The Morgan fingerprint density at radius 1 is 0.581 bits per heavy atom. The summed E-state index contributed by atoms with van der Waals surface area (Å²) in [6.07, 6.45) is 0.315. The Hall–Kier alpha value is -6.83. The van der Waals surface area contributed by atoms with Crippen molar-refractivity contribution in [3.05, 3.63) is 106 Å². The summed E-state index contributed by atoms with van der Waals surface area (Å²) in [5, 5.41) is 7.42. The van der Waals surface area contributed by atoms with E-state index < -0.39 is 30.0 Å². The lowest BCUT2D eigenvalue weighted by atomic mass is 9.81. The Kier molecular flexibility index (Phi) is 11.2. The zero-order valence-corrected chi connectivity index (χ0v) is 35.6. The zero-order chi connectivity index (χ0) is 44.1. The van der Waals surface area contributed by atoms with Gasteiger partial charge in [-0.15, -0.1) is 0 Å². The summed E-state index contributed by atoms with van der Waals surface area (Å²) in [4.78, 5) is 36.0. The summed E-state index contributed by atoms with van der Waals surface area (Å²) < 4.78 is 58.0. The predicted octanol–water partition coefficient (Wildman–Crippen LogP) is 7.50. The average molecular weight is 849 g/mol. The molecule has 0 spiro atoms. The molecule has 4 aromatic rings. The fourth-order valence-electron chi connectivity index (χ4n) is 8.68. The number of carboxylic acids is 1. The average Bonchev–Trinajstić information content (AvgIpc) is 3.92. The Morgan fingerprint density at radius 2 is 0.935 bits per heavy atom. The SMILES string of the molecule is C=C(C)[C@H]1Cc2c(ccc3c2O[C@@H]2COc4cc(OC)c(OC)cc4[C@@H]2C3=O)O1.C=C(C)[C@H]1Cc2c(ccc3c2O[C@@H]2COc4cc(OC)c(OC)cc4[C@@H]2C3=O)O1.CC(=O)O. The van der Waals surface area contributed by atoms with Crippen LogP contribution in [-0.4, -0.2) is 88.7 Å². The number of carboxylic acid groups (broad SMARTS) is 1. The van der Waals surface area contributed by atoms with E-state index in [1.807, 2.05) is 38.1 Å². The molecule has 4 aromatic carbocycles. The van der Waals surface area contributed by atoms with E-state index in [4.69, 9.17) is 57.3 Å². The number of Topliss-reactive ketones (excluding diaryl/α,β-unsaturated/α-hetero) is 2. The minimum Gasteiger partial charge on any atom is -0.493 e. The number of fused-ring (bicyclic) bond motifs is 12. The van der Waals surface area contributed by atoms with E-state index in [0.29, 0.717) is 70.0 Å². The summed E-state index contributed by atoms with van der Waals surface area (Å²) in [7, 11) is 6.28. The van der Waals surface area contributed by atoms with Gasteiger partial charge in [0, 0.05) is 54.2 Å². The maximum Gasteiger partial charge on any atom is 0.300 e. The molecule has 14 nitrogen and oxygen atoms in total. The van der Waals surface area contributed by atoms with Gasteiger partial charge >= 0.3 is 0 Å². The molecule has 0 saturated heterocycles. The number of carbonyl (C=O) groups excluding carboxylic acids is 2. The molecule has 0 amide bonds. The van der Waals surface area contributed by atoms with Gasteiger partial charge in [0.05, 0.1) is 51.4 Å². The van der Waals surface area contributed by atoms with Gasteiger partial charge in [-0.3, -0.25) is 14.4 Å². The minimum absolute atomic E-state index is 0.0228. The minimum atomic E-state index is -0.833. The molecule has 0 aromatic heterocycles. The van der Waals surface area contributed by atoms with Crippen molar-refractivity contribution in [2.45, 2.75) is 69.9 Å². The summed E-state index contributed by atoms with van der Waals surface area (Å²) in [5.41, 5.74) is 6.44. The van der Waals surface area contributed by atoms with Crippen LogP contribution in [0.15, 0.2) is 72.8 Å². The van der Waals surface area contributed by atoms with E-state index in [1.54, 1.807) is 52.7 Å². The highest BCUT2D eigenvalue weighted by Crippen LogP contribution is 2.52. The van der Waals surface area contributed by atoms with Gasteiger partial charge in [0.15, 0.2) is 34.6 Å². The Bertz CT molecular complexity index is 2350. The van der Waals surface area contributed by atoms with E-state index in [1.165, 1.54) is 0 Å². The standard InChI is InChI=1S/2C23H22O6.C2H4O2/c2*1-11(2)16-8-14-15(28-16)6-5-12-22(24)21-13-7-18(25-3)19(26-4)9-17(13)27-10-20(21)29-23(12)14;1-2(3)4/h2*5-7,9,16,20-21H,1,8,10H2,2-4H3;1H3,(H,3,4)/t2*16-,20-,21+;/m11./s1. The number of rotatable bonds is 6. The van der Waals surface area contributed by atoms with Gasteiger partial charge < -0.3 is 52.5 Å². The van der Waals surface area contributed by atoms with Crippen LogP contribution in [0.3, 0.4) is 0 Å². The first kappa shape index (κ1) is 41.9. The predicted molar refractivity (Wildman–Crippen MR) is 225 cm³/mol. The maximum absolute atomic E-state index is 13.5. The van der Waals surface area contributed by atoms with Gasteiger partial charge in [-0.2, -0.15) is 0 Å². The molecule has 0 unspecified atom stereocenters. The summed E-state index contributed by atoms with van der Waals surface area (Å²) in [5.74, 6) is 4.53. The smallest absolute Gasteiger partial charge is 0.300 e. The van der Waals surface area contributed by atoms with E-state index in [0.717, 1.165) is 51.8 Å². The second-order valence-electron chi connectivity index (χ2n) is 15.8. The molecule has 0 bridgehead atoms. The summed E-state index contributed by atoms with van der Waals surface area (Å²) >= 11 is 0. The maximum atomic E-state index is 13.5. The molecule has 1 N–H and O–H groups in total. The van der Waals surface area contributed by atoms with Gasteiger partial charge in [0.25, 0.3) is 5.97 Å². The number of ketones is 2. The molecule has 0 aliphatic carbocycles. The van der Waals surface area contributed by atoms with E-state index in [2.05, 4.69) is 13.2 Å². The lowest BCUT2D eigenvalue weighted by molar-refractivity contribution is -0.134.